The molecule has 0 bridgehead atoms. The number of hydrogen-bond donors (Lipinski definition) is 2. The molecule has 2 heterocycles. The maximum atomic E-state index is 6.04. The van der Waals surface area contributed by atoms with Crippen molar-refractivity contribution in [3.05, 3.63) is 18.3 Å². The van der Waals surface area contributed by atoms with Crippen molar-refractivity contribution in [2.45, 2.75) is 64.5 Å². The van der Waals surface area contributed by atoms with Crippen LogP contribution < -0.4 is 10.6 Å². The van der Waals surface area contributed by atoms with Gasteiger partial charge in [0.05, 0.1) is 5.60 Å². The van der Waals surface area contributed by atoms with Crippen LogP contribution in [-0.2, 0) is 4.74 Å². The van der Waals surface area contributed by atoms with E-state index in [2.05, 4.69) is 42.5 Å². The van der Waals surface area contributed by atoms with Crippen LogP contribution in [0, 0.1) is 0 Å². The van der Waals surface area contributed by atoms with E-state index in [1.807, 2.05) is 12.3 Å². The highest BCUT2D eigenvalue weighted by atomic mass is 16.5. The fourth-order valence-corrected chi connectivity index (χ4v) is 3.00. The lowest BCUT2D eigenvalue weighted by Gasteiger charge is -2.40. The number of aromatic nitrogens is 1. The third kappa shape index (κ3) is 4.34. The zero-order chi connectivity index (χ0) is 15.1. The van der Waals surface area contributed by atoms with Crippen LogP contribution >= 0.6 is 0 Å². The average Bonchev–Trinajstić information content (AvgIpc) is 2.53. The standard InChI is InChI=1S/C17H29N3O/c1-4-9-18-16-12-14(7-10-19-16)20-15-8-11-21-17(5-2,6-3)13-15/h7,10,12,15H,4-6,8-9,11,13H2,1-3H3,(H2,18,19,20). The molecule has 0 amide bonds. The van der Waals surface area contributed by atoms with Crippen molar-refractivity contribution in [1.82, 2.24) is 4.98 Å². The van der Waals surface area contributed by atoms with Gasteiger partial charge in [-0.1, -0.05) is 20.8 Å². The number of rotatable bonds is 7. The minimum absolute atomic E-state index is 0.0617. The van der Waals surface area contributed by atoms with Crippen LogP contribution in [0.2, 0.25) is 0 Å². The minimum Gasteiger partial charge on any atom is -0.382 e. The van der Waals surface area contributed by atoms with Crippen LogP contribution in [0.3, 0.4) is 0 Å². The summed E-state index contributed by atoms with van der Waals surface area (Å²) in [5, 5.41) is 7.00. The Morgan fingerprint density at radius 1 is 1.33 bits per heavy atom. The van der Waals surface area contributed by atoms with Gasteiger partial charge in [0, 0.05) is 37.1 Å². The summed E-state index contributed by atoms with van der Waals surface area (Å²) in [6.07, 6.45) is 7.30. The normalized spacial score (nSPS) is 21.0. The predicted octanol–water partition coefficient (Wildman–Crippen LogP) is 4.05. The molecule has 0 spiro atoms. The van der Waals surface area contributed by atoms with E-state index < -0.39 is 0 Å². The van der Waals surface area contributed by atoms with Crippen LogP contribution in [0.25, 0.3) is 0 Å². The molecule has 1 aromatic rings. The fraction of sp³-hybridized carbons (Fsp3) is 0.706. The van der Waals surface area contributed by atoms with Crippen molar-refractivity contribution in [3.63, 3.8) is 0 Å². The van der Waals surface area contributed by atoms with Gasteiger partial charge in [-0.05, 0) is 38.2 Å². The monoisotopic (exact) mass is 291 g/mol. The molecule has 0 aromatic carbocycles. The Labute approximate surface area is 128 Å². The molecule has 2 N–H and O–H groups in total. The van der Waals surface area contributed by atoms with Crippen LogP contribution in [0.15, 0.2) is 18.3 Å². The molecule has 4 nitrogen and oxygen atoms in total. The highest BCUT2D eigenvalue weighted by Gasteiger charge is 2.34. The van der Waals surface area contributed by atoms with Gasteiger partial charge in [-0.2, -0.15) is 0 Å². The second kappa shape index (κ2) is 7.64. The summed E-state index contributed by atoms with van der Waals surface area (Å²) in [5.41, 5.74) is 1.21. The number of anilines is 2. The summed E-state index contributed by atoms with van der Waals surface area (Å²) in [5.74, 6) is 0.950. The van der Waals surface area contributed by atoms with Crippen LogP contribution in [0.1, 0.15) is 52.9 Å². The van der Waals surface area contributed by atoms with Gasteiger partial charge in [0.2, 0.25) is 0 Å². The molecule has 0 radical (unpaired) electrons. The number of nitrogens with zero attached hydrogens (tertiary/aromatic N) is 1. The number of nitrogens with one attached hydrogen (secondary N) is 2. The van der Waals surface area contributed by atoms with E-state index in [1.54, 1.807) is 0 Å². The molecule has 1 aliphatic heterocycles. The Balaban J connectivity index is 1.97. The smallest absolute Gasteiger partial charge is 0.127 e. The first-order chi connectivity index (χ1) is 10.2. The Bertz CT molecular complexity index is 432. The quantitative estimate of drug-likeness (QED) is 0.795. The molecule has 1 fully saturated rings. The van der Waals surface area contributed by atoms with Crippen LogP contribution in [0.5, 0.6) is 0 Å². The topological polar surface area (TPSA) is 46.2 Å². The molecule has 1 unspecified atom stereocenters. The van der Waals surface area contributed by atoms with E-state index in [-0.39, 0.29) is 5.60 Å². The van der Waals surface area contributed by atoms with Crippen molar-refractivity contribution in [3.8, 4) is 0 Å². The summed E-state index contributed by atoms with van der Waals surface area (Å²) in [7, 11) is 0. The van der Waals surface area contributed by atoms with Gasteiger partial charge < -0.3 is 15.4 Å². The van der Waals surface area contributed by atoms with Crippen molar-refractivity contribution in [2.75, 3.05) is 23.8 Å². The maximum absolute atomic E-state index is 6.04. The van der Waals surface area contributed by atoms with Crippen molar-refractivity contribution >= 4 is 11.5 Å². The van der Waals surface area contributed by atoms with E-state index in [9.17, 15) is 0 Å². The molecule has 4 heteroatoms. The second-order valence-electron chi connectivity index (χ2n) is 5.93. The Morgan fingerprint density at radius 2 is 2.14 bits per heavy atom. The van der Waals surface area contributed by atoms with Gasteiger partial charge in [0.15, 0.2) is 0 Å². The number of pyridine rings is 1. The molecule has 2 rings (SSSR count). The molecule has 1 aromatic heterocycles. The summed E-state index contributed by atoms with van der Waals surface area (Å²) in [4.78, 5) is 4.36. The van der Waals surface area contributed by atoms with Gasteiger partial charge in [-0.15, -0.1) is 0 Å². The number of ether oxygens (including phenoxy) is 1. The first-order valence-corrected chi connectivity index (χ1v) is 8.31. The van der Waals surface area contributed by atoms with Crippen molar-refractivity contribution in [2.24, 2.45) is 0 Å². The zero-order valence-corrected chi connectivity index (χ0v) is 13.6. The summed E-state index contributed by atoms with van der Waals surface area (Å²) in [6, 6.07) is 4.64. The summed E-state index contributed by atoms with van der Waals surface area (Å²) in [6.45, 7) is 8.43. The molecule has 0 saturated carbocycles. The highest BCUT2D eigenvalue weighted by Crippen LogP contribution is 2.32. The fourth-order valence-electron chi connectivity index (χ4n) is 3.00. The predicted molar refractivity (Wildman–Crippen MR) is 88.9 cm³/mol. The zero-order valence-electron chi connectivity index (χ0n) is 13.6. The van der Waals surface area contributed by atoms with E-state index in [0.717, 1.165) is 56.8 Å². The van der Waals surface area contributed by atoms with Gasteiger partial charge in [0.25, 0.3) is 0 Å². The first kappa shape index (κ1) is 16.1. The molecular weight excluding hydrogens is 262 g/mol. The second-order valence-corrected chi connectivity index (χ2v) is 5.93. The molecule has 118 valence electrons. The third-order valence-electron chi connectivity index (χ3n) is 4.47. The average molecular weight is 291 g/mol. The lowest BCUT2D eigenvalue weighted by molar-refractivity contribution is -0.0864. The lowest BCUT2D eigenvalue weighted by atomic mass is 9.86. The Kier molecular flexibility index (Phi) is 5.85. The van der Waals surface area contributed by atoms with Gasteiger partial charge in [-0.3, -0.25) is 0 Å². The van der Waals surface area contributed by atoms with Crippen LogP contribution in [0.4, 0.5) is 11.5 Å². The van der Waals surface area contributed by atoms with Gasteiger partial charge in [0.1, 0.15) is 5.82 Å². The Hall–Kier alpha value is -1.29. The molecule has 21 heavy (non-hydrogen) atoms. The molecule has 0 aliphatic carbocycles. The summed E-state index contributed by atoms with van der Waals surface area (Å²) >= 11 is 0. The molecule has 1 saturated heterocycles. The van der Waals surface area contributed by atoms with Gasteiger partial charge in [-0.25, -0.2) is 4.98 Å². The van der Waals surface area contributed by atoms with Crippen LogP contribution in [-0.4, -0.2) is 29.8 Å². The molecule has 1 atom stereocenters. The molecule has 1 aliphatic rings. The van der Waals surface area contributed by atoms with Crippen molar-refractivity contribution in [1.29, 1.82) is 0 Å². The first-order valence-electron chi connectivity index (χ1n) is 8.31. The van der Waals surface area contributed by atoms with Gasteiger partial charge >= 0.3 is 0 Å². The summed E-state index contributed by atoms with van der Waals surface area (Å²) < 4.78 is 6.04. The van der Waals surface area contributed by atoms with E-state index in [0.29, 0.717) is 6.04 Å². The van der Waals surface area contributed by atoms with Crippen molar-refractivity contribution < 1.29 is 4.74 Å². The van der Waals surface area contributed by atoms with E-state index >= 15 is 0 Å². The Morgan fingerprint density at radius 3 is 2.86 bits per heavy atom. The van der Waals surface area contributed by atoms with E-state index in [1.165, 1.54) is 0 Å². The molecular formula is C17H29N3O. The third-order valence-corrected chi connectivity index (χ3v) is 4.47. The number of hydrogen-bond acceptors (Lipinski definition) is 4. The maximum Gasteiger partial charge on any atom is 0.127 e. The lowest BCUT2D eigenvalue weighted by Crippen LogP contribution is -2.43. The highest BCUT2D eigenvalue weighted by molar-refractivity contribution is 5.52. The van der Waals surface area contributed by atoms with E-state index in [4.69, 9.17) is 4.74 Å². The minimum atomic E-state index is 0.0617. The largest absolute Gasteiger partial charge is 0.382 e. The SMILES string of the molecule is CCCNc1cc(NC2CCOC(CC)(CC)C2)ccn1.